The number of hydrogen-bond acceptors (Lipinski definition) is 8. The molecule has 0 atom stereocenters. The van der Waals surface area contributed by atoms with Gasteiger partial charge in [0.05, 0.1) is 18.2 Å². The summed E-state index contributed by atoms with van der Waals surface area (Å²) in [5, 5.41) is 9.18. The lowest BCUT2D eigenvalue weighted by Crippen LogP contribution is -2.10. The van der Waals surface area contributed by atoms with E-state index in [1.165, 1.54) is 0 Å². The topological polar surface area (TPSA) is 96.3 Å². The first-order valence-corrected chi connectivity index (χ1v) is 9.26. The molecular weight excluding hydrogens is 364 g/mol. The summed E-state index contributed by atoms with van der Waals surface area (Å²) in [5.74, 6) is 2.51. The molecule has 0 bridgehead atoms. The highest BCUT2D eigenvalue weighted by Crippen LogP contribution is 2.30. The van der Waals surface area contributed by atoms with Crippen LogP contribution in [0.5, 0.6) is 11.5 Å². The van der Waals surface area contributed by atoms with Crippen molar-refractivity contribution >= 4 is 21.6 Å². The third-order valence-corrected chi connectivity index (χ3v) is 4.92. The Labute approximate surface area is 159 Å². The summed E-state index contributed by atoms with van der Waals surface area (Å²) in [6, 6.07) is 13.3. The molecule has 4 aromatic rings. The van der Waals surface area contributed by atoms with Crippen molar-refractivity contribution in [2.24, 2.45) is 5.73 Å². The highest BCUT2D eigenvalue weighted by Gasteiger charge is 2.13. The monoisotopic (exact) mass is 382 g/mol. The van der Waals surface area contributed by atoms with Crippen LogP contribution < -0.4 is 15.2 Å². The molecule has 0 aliphatic rings. The lowest BCUT2D eigenvalue weighted by atomic mass is 10.2. The van der Waals surface area contributed by atoms with Crippen LogP contribution in [-0.2, 0) is 6.42 Å². The second kappa shape index (κ2) is 7.73. The van der Waals surface area contributed by atoms with E-state index in [1.54, 1.807) is 18.4 Å². The summed E-state index contributed by atoms with van der Waals surface area (Å²) >= 11 is 1.59. The smallest absolute Gasteiger partial charge is 0.247 e. The summed E-state index contributed by atoms with van der Waals surface area (Å²) in [7, 11) is 1.64. The molecule has 2 heterocycles. The standard InChI is InChI=1S/C19H18N4O3S/c1-24-14-3-2-4-15-18(14)21-17(27-15)11-16-22-23-19(26-16)12-5-7-13(8-6-12)25-10-9-20/h2-8H,9-11,20H2,1H3. The largest absolute Gasteiger partial charge is 0.494 e. The van der Waals surface area contributed by atoms with Gasteiger partial charge in [0.25, 0.3) is 0 Å². The van der Waals surface area contributed by atoms with Gasteiger partial charge in [0.15, 0.2) is 0 Å². The van der Waals surface area contributed by atoms with Crippen LogP contribution in [-0.4, -0.2) is 35.4 Å². The SMILES string of the molecule is COc1cccc2sc(Cc3nnc(-c4ccc(OCCN)cc4)o3)nc12. The van der Waals surface area contributed by atoms with E-state index in [0.29, 0.717) is 31.4 Å². The highest BCUT2D eigenvalue weighted by atomic mass is 32.1. The summed E-state index contributed by atoms with van der Waals surface area (Å²) < 4.78 is 17.7. The van der Waals surface area contributed by atoms with Crippen LogP contribution in [0, 0.1) is 0 Å². The van der Waals surface area contributed by atoms with Gasteiger partial charge in [-0.15, -0.1) is 21.5 Å². The average Bonchev–Trinajstić information content (AvgIpc) is 3.33. The van der Waals surface area contributed by atoms with Crippen molar-refractivity contribution in [3.8, 4) is 23.0 Å². The third kappa shape index (κ3) is 3.76. The number of hydrogen-bond donors (Lipinski definition) is 1. The zero-order valence-corrected chi connectivity index (χ0v) is 15.5. The molecule has 0 fully saturated rings. The number of methoxy groups -OCH3 is 1. The van der Waals surface area contributed by atoms with Crippen molar-refractivity contribution in [1.82, 2.24) is 15.2 Å². The minimum absolute atomic E-state index is 0.467. The fraction of sp³-hybridized carbons (Fsp3) is 0.211. The van der Waals surface area contributed by atoms with Crippen LogP contribution in [0.3, 0.4) is 0 Å². The van der Waals surface area contributed by atoms with Crippen molar-refractivity contribution in [2.75, 3.05) is 20.3 Å². The molecule has 0 saturated carbocycles. The first-order chi connectivity index (χ1) is 13.3. The molecule has 0 radical (unpaired) electrons. The van der Waals surface area contributed by atoms with Gasteiger partial charge in [0.1, 0.15) is 28.6 Å². The minimum atomic E-state index is 0.467. The molecule has 8 heteroatoms. The van der Waals surface area contributed by atoms with E-state index in [0.717, 1.165) is 32.3 Å². The molecule has 4 rings (SSSR count). The van der Waals surface area contributed by atoms with Crippen LogP contribution in [0.4, 0.5) is 0 Å². The van der Waals surface area contributed by atoms with Gasteiger partial charge in [-0.3, -0.25) is 0 Å². The maximum atomic E-state index is 5.80. The second-order valence-corrected chi connectivity index (χ2v) is 6.87. The normalized spacial score (nSPS) is 11.0. The van der Waals surface area contributed by atoms with Crippen LogP contribution >= 0.6 is 11.3 Å². The van der Waals surface area contributed by atoms with Crippen LogP contribution in [0.1, 0.15) is 10.9 Å². The third-order valence-electron chi connectivity index (χ3n) is 3.90. The summed E-state index contributed by atoms with van der Waals surface area (Å²) in [5.41, 5.74) is 7.12. The zero-order valence-electron chi connectivity index (χ0n) is 14.7. The van der Waals surface area contributed by atoms with E-state index >= 15 is 0 Å². The summed E-state index contributed by atoms with van der Waals surface area (Å²) in [6.45, 7) is 0.962. The molecule has 138 valence electrons. The van der Waals surface area contributed by atoms with Crippen molar-refractivity contribution < 1.29 is 13.9 Å². The number of benzene rings is 2. The van der Waals surface area contributed by atoms with E-state index in [1.807, 2.05) is 42.5 Å². The molecule has 2 aromatic heterocycles. The van der Waals surface area contributed by atoms with Crippen molar-refractivity contribution in [2.45, 2.75) is 6.42 Å². The Morgan fingerprint density at radius 2 is 1.96 bits per heavy atom. The Morgan fingerprint density at radius 1 is 1.11 bits per heavy atom. The van der Waals surface area contributed by atoms with Gasteiger partial charge in [0, 0.05) is 12.1 Å². The Kier molecular flexibility index (Phi) is 4.99. The second-order valence-electron chi connectivity index (χ2n) is 5.75. The Balaban J connectivity index is 1.51. The highest BCUT2D eigenvalue weighted by molar-refractivity contribution is 7.18. The van der Waals surface area contributed by atoms with Gasteiger partial charge in [-0.25, -0.2) is 4.98 Å². The van der Waals surface area contributed by atoms with E-state index in [-0.39, 0.29) is 0 Å². The molecule has 27 heavy (non-hydrogen) atoms. The number of ether oxygens (including phenoxy) is 2. The molecule has 0 amide bonds. The van der Waals surface area contributed by atoms with Crippen molar-refractivity contribution in [3.63, 3.8) is 0 Å². The quantitative estimate of drug-likeness (QED) is 0.524. The van der Waals surface area contributed by atoms with Crippen LogP contribution in [0.2, 0.25) is 0 Å². The fourth-order valence-electron chi connectivity index (χ4n) is 2.65. The Morgan fingerprint density at radius 3 is 2.74 bits per heavy atom. The first kappa shape index (κ1) is 17.4. The van der Waals surface area contributed by atoms with Gasteiger partial charge < -0.3 is 19.6 Å². The van der Waals surface area contributed by atoms with Gasteiger partial charge in [-0.05, 0) is 36.4 Å². The molecule has 0 unspecified atom stereocenters. The van der Waals surface area contributed by atoms with E-state index in [2.05, 4.69) is 15.2 Å². The number of thiazole rings is 1. The molecule has 7 nitrogen and oxygen atoms in total. The van der Waals surface area contributed by atoms with Crippen molar-refractivity contribution in [1.29, 1.82) is 0 Å². The minimum Gasteiger partial charge on any atom is -0.494 e. The van der Waals surface area contributed by atoms with E-state index in [9.17, 15) is 0 Å². The van der Waals surface area contributed by atoms with E-state index in [4.69, 9.17) is 19.6 Å². The van der Waals surface area contributed by atoms with Crippen molar-refractivity contribution in [3.05, 3.63) is 53.4 Å². The van der Waals surface area contributed by atoms with Crippen LogP contribution in [0.25, 0.3) is 21.7 Å². The molecule has 2 N–H and O–H groups in total. The van der Waals surface area contributed by atoms with Gasteiger partial charge in [-0.1, -0.05) is 6.07 Å². The summed E-state index contributed by atoms with van der Waals surface area (Å²) in [4.78, 5) is 4.64. The average molecular weight is 382 g/mol. The predicted octanol–water partition coefficient (Wildman–Crippen LogP) is 3.28. The number of aromatic nitrogens is 3. The number of para-hydroxylation sites is 1. The molecule has 0 spiro atoms. The number of nitrogens with two attached hydrogens (primary N) is 1. The Hall–Kier alpha value is -2.97. The van der Waals surface area contributed by atoms with Gasteiger partial charge >= 0.3 is 0 Å². The lowest BCUT2D eigenvalue weighted by molar-refractivity contribution is 0.328. The zero-order chi connectivity index (χ0) is 18.6. The maximum Gasteiger partial charge on any atom is 0.247 e. The Bertz CT molecular complexity index is 1040. The first-order valence-electron chi connectivity index (χ1n) is 8.45. The lowest BCUT2D eigenvalue weighted by Gasteiger charge is -2.03. The maximum absolute atomic E-state index is 5.80. The molecule has 0 aliphatic carbocycles. The molecule has 0 aliphatic heterocycles. The number of nitrogens with zero attached hydrogens (tertiary/aromatic N) is 3. The van der Waals surface area contributed by atoms with Gasteiger partial charge in [-0.2, -0.15) is 0 Å². The number of rotatable bonds is 7. The summed E-state index contributed by atoms with van der Waals surface area (Å²) in [6.07, 6.45) is 0.479. The van der Waals surface area contributed by atoms with Crippen LogP contribution in [0.15, 0.2) is 46.9 Å². The molecular formula is C19H18N4O3S. The predicted molar refractivity (Wildman–Crippen MR) is 103 cm³/mol. The molecule has 0 saturated heterocycles. The number of fused-ring (bicyclic) bond motifs is 1. The van der Waals surface area contributed by atoms with Gasteiger partial charge in [0.2, 0.25) is 11.8 Å². The molecule has 2 aromatic carbocycles. The van der Waals surface area contributed by atoms with E-state index < -0.39 is 0 Å². The fourth-order valence-corrected chi connectivity index (χ4v) is 3.63.